The number of aromatic nitrogens is 2. The number of nitrogens with zero attached hydrogens (tertiary/aromatic N) is 2. The largest absolute Gasteiger partial charge is 0.402 e. The summed E-state index contributed by atoms with van der Waals surface area (Å²) in [6, 6.07) is 0. The van der Waals surface area contributed by atoms with Crippen LogP contribution in [0.4, 0.5) is 0 Å². The van der Waals surface area contributed by atoms with E-state index >= 15 is 0 Å². The van der Waals surface area contributed by atoms with Crippen LogP contribution in [0.2, 0.25) is 0 Å². The molecule has 1 aliphatic rings. The molecule has 0 spiro atoms. The van der Waals surface area contributed by atoms with E-state index in [1.807, 2.05) is 45.1 Å². The van der Waals surface area contributed by atoms with Crippen LogP contribution in [-0.4, -0.2) is 27.3 Å². The molecule has 0 radical (unpaired) electrons. The molecule has 1 heterocycles. The van der Waals surface area contributed by atoms with Crippen LogP contribution >= 0.6 is 0 Å². The van der Waals surface area contributed by atoms with E-state index in [4.69, 9.17) is 5.73 Å². The SMILES string of the molecule is C/C=C\c1nc(C(=O)N(CC)C2=CCC=C(N)C2)[nH]c1C. The number of imidazole rings is 1. The molecule has 0 aliphatic heterocycles. The molecule has 3 N–H and O–H groups in total. The standard InChI is InChI=1S/C16H22N4O/c1-4-7-14-11(3)18-15(19-14)16(21)20(5-2)13-9-6-8-12(17)10-13/h4,7-9H,5-6,10,17H2,1-3H3,(H,18,19)/b7-4-. The Morgan fingerprint density at radius 1 is 1.52 bits per heavy atom. The van der Waals surface area contributed by atoms with Crippen molar-refractivity contribution in [3.8, 4) is 0 Å². The Morgan fingerprint density at radius 2 is 2.29 bits per heavy atom. The lowest BCUT2D eigenvalue weighted by Gasteiger charge is -2.25. The minimum absolute atomic E-state index is 0.114. The average molecular weight is 286 g/mol. The number of hydrogen-bond donors (Lipinski definition) is 2. The van der Waals surface area contributed by atoms with Gasteiger partial charge in [0, 0.05) is 30.1 Å². The number of carbonyl (C=O) groups is 1. The second-order valence-corrected chi connectivity index (χ2v) is 5.03. The van der Waals surface area contributed by atoms with Gasteiger partial charge in [0.2, 0.25) is 0 Å². The zero-order valence-corrected chi connectivity index (χ0v) is 12.8. The first-order chi connectivity index (χ1) is 10.1. The predicted octanol–water partition coefficient (Wildman–Crippen LogP) is 2.73. The summed E-state index contributed by atoms with van der Waals surface area (Å²) in [5.74, 6) is 0.258. The highest BCUT2D eigenvalue weighted by Gasteiger charge is 2.22. The van der Waals surface area contributed by atoms with Crippen LogP contribution in [0.1, 0.15) is 48.7 Å². The van der Waals surface area contributed by atoms with Crippen LogP contribution in [-0.2, 0) is 0 Å². The number of rotatable bonds is 4. The van der Waals surface area contributed by atoms with Gasteiger partial charge >= 0.3 is 0 Å². The quantitative estimate of drug-likeness (QED) is 0.893. The lowest BCUT2D eigenvalue weighted by molar-refractivity contribution is 0.0797. The first-order valence-electron chi connectivity index (χ1n) is 7.21. The van der Waals surface area contributed by atoms with E-state index < -0.39 is 0 Å². The Hall–Kier alpha value is -2.30. The zero-order chi connectivity index (χ0) is 15.4. The predicted molar refractivity (Wildman–Crippen MR) is 84.3 cm³/mol. The third kappa shape index (κ3) is 3.24. The summed E-state index contributed by atoms with van der Waals surface area (Å²) in [7, 11) is 0. The van der Waals surface area contributed by atoms with Crippen molar-refractivity contribution in [1.29, 1.82) is 0 Å². The van der Waals surface area contributed by atoms with E-state index in [-0.39, 0.29) is 5.91 Å². The maximum Gasteiger partial charge on any atom is 0.293 e. The molecule has 112 valence electrons. The van der Waals surface area contributed by atoms with E-state index in [9.17, 15) is 4.79 Å². The first-order valence-corrected chi connectivity index (χ1v) is 7.21. The van der Waals surface area contributed by atoms with Gasteiger partial charge in [-0.15, -0.1) is 0 Å². The normalized spacial score (nSPS) is 15.0. The maximum atomic E-state index is 12.7. The molecular weight excluding hydrogens is 264 g/mol. The van der Waals surface area contributed by atoms with Gasteiger partial charge in [-0.1, -0.05) is 18.2 Å². The molecule has 0 bridgehead atoms. The van der Waals surface area contributed by atoms with Gasteiger partial charge in [0.15, 0.2) is 5.82 Å². The number of allylic oxidation sites excluding steroid dienone is 3. The van der Waals surface area contributed by atoms with Gasteiger partial charge in [0.1, 0.15) is 0 Å². The average Bonchev–Trinajstić information content (AvgIpc) is 2.82. The number of amides is 1. The molecule has 1 aromatic rings. The number of nitrogens with one attached hydrogen (secondary N) is 1. The molecule has 0 atom stereocenters. The first kappa shape index (κ1) is 15.1. The molecule has 1 aromatic heterocycles. The Bertz CT molecular complexity index is 622. The number of hydrogen-bond acceptors (Lipinski definition) is 3. The van der Waals surface area contributed by atoms with Gasteiger partial charge in [-0.05, 0) is 33.3 Å². The summed E-state index contributed by atoms with van der Waals surface area (Å²) in [6.45, 7) is 6.39. The van der Waals surface area contributed by atoms with Crippen molar-refractivity contribution in [3.05, 3.63) is 46.8 Å². The number of aryl methyl sites for hydroxylation is 1. The zero-order valence-electron chi connectivity index (χ0n) is 12.8. The van der Waals surface area contributed by atoms with Crippen LogP contribution in [0.15, 0.2) is 29.6 Å². The monoisotopic (exact) mass is 286 g/mol. The highest BCUT2D eigenvalue weighted by atomic mass is 16.2. The minimum atomic E-state index is -0.114. The van der Waals surface area contributed by atoms with Crippen molar-refractivity contribution in [3.63, 3.8) is 0 Å². The van der Waals surface area contributed by atoms with E-state index in [0.717, 1.165) is 29.2 Å². The number of carbonyl (C=O) groups excluding carboxylic acids is 1. The fourth-order valence-electron chi connectivity index (χ4n) is 2.41. The summed E-state index contributed by atoms with van der Waals surface area (Å²) in [6.07, 6.45) is 9.19. The van der Waals surface area contributed by atoms with Crippen molar-refractivity contribution in [2.75, 3.05) is 6.54 Å². The molecule has 21 heavy (non-hydrogen) atoms. The third-order valence-electron chi connectivity index (χ3n) is 3.48. The van der Waals surface area contributed by atoms with Crippen LogP contribution < -0.4 is 5.73 Å². The highest BCUT2D eigenvalue weighted by Crippen LogP contribution is 2.21. The van der Waals surface area contributed by atoms with Gasteiger partial charge < -0.3 is 15.6 Å². The van der Waals surface area contributed by atoms with Gasteiger partial charge in [-0.25, -0.2) is 4.98 Å². The van der Waals surface area contributed by atoms with Gasteiger partial charge in [0.25, 0.3) is 5.91 Å². The number of H-pyrrole nitrogens is 1. The van der Waals surface area contributed by atoms with Gasteiger partial charge in [-0.3, -0.25) is 4.79 Å². The van der Waals surface area contributed by atoms with Crippen LogP contribution in [0.5, 0.6) is 0 Å². The van der Waals surface area contributed by atoms with Crippen molar-refractivity contribution < 1.29 is 4.79 Å². The third-order valence-corrected chi connectivity index (χ3v) is 3.48. The van der Waals surface area contributed by atoms with E-state index in [0.29, 0.717) is 18.8 Å². The summed E-state index contributed by atoms with van der Waals surface area (Å²) < 4.78 is 0. The topological polar surface area (TPSA) is 75.0 Å². The van der Waals surface area contributed by atoms with Gasteiger partial charge in [0.05, 0.1) is 5.69 Å². The molecule has 0 unspecified atom stereocenters. The molecule has 1 aliphatic carbocycles. The van der Waals surface area contributed by atoms with Crippen molar-refractivity contribution >= 4 is 12.0 Å². The van der Waals surface area contributed by atoms with E-state index in [1.54, 1.807) is 4.90 Å². The van der Waals surface area contributed by atoms with Crippen LogP contribution in [0.25, 0.3) is 6.08 Å². The Morgan fingerprint density at radius 3 is 2.90 bits per heavy atom. The van der Waals surface area contributed by atoms with E-state index in [2.05, 4.69) is 9.97 Å². The second-order valence-electron chi connectivity index (χ2n) is 5.03. The molecule has 0 fully saturated rings. The van der Waals surface area contributed by atoms with Crippen molar-refractivity contribution in [2.45, 2.75) is 33.6 Å². The summed E-state index contributed by atoms with van der Waals surface area (Å²) in [5.41, 5.74) is 9.32. The lowest BCUT2D eigenvalue weighted by atomic mass is 10.1. The fraction of sp³-hybridized carbons (Fsp3) is 0.375. The smallest absolute Gasteiger partial charge is 0.293 e. The molecule has 5 nitrogen and oxygen atoms in total. The summed E-state index contributed by atoms with van der Waals surface area (Å²) in [5, 5.41) is 0. The van der Waals surface area contributed by atoms with E-state index in [1.165, 1.54) is 0 Å². The van der Waals surface area contributed by atoms with Crippen LogP contribution in [0, 0.1) is 6.92 Å². The highest BCUT2D eigenvalue weighted by molar-refractivity contribution is 5.92. The second kappa shape index (κ2) is 6.43. The van der Waals surface area contributed by atoms with Crippen molar-refractivity contribution in [1.82, 2.24) is 14.9 Å². The number of aromatic amines is 1. The van der Waals surface area contributed by atoms with Gasteiger partial charge in [-0.2, -0.15) is 0 Å². The summed E-state index contributed by atoms with van der Waals surface area (Å²) in [4.78, 5) is 21.8. The molecular formula is C16H22N4O. The Kier molecular flexibility index (Phi) is 4.62. The minimum Gasteiger partial charge on any atom is -0.402 e. The summed E-state index contributed by atoms with van der Waals surface area (Å²) >= 11 is 0. The maximum absolute atomic E-state index is 12.7. The molecule has 0 saturated heterocycles. The Labute approximate surface area is 125 Å². The molecule has 2 rings (SSSR count). The molecule has 5 heteroatoms. The number of nitrogens with two attached hydrogens (primary N) is 1. The molecule has 0 aromatic carbocycles. The molecule has 0 saturated carbocycles. The van der Waals surface area contributed by atoms with Crippen molar-refractivity contribution in [2.24, 2.45) is 5.73 Å². The lowest BCUT2D eigenvalue weighted by Crippen LogP contribution is -2.32. The van der Waals surface area contributed by atoms with Crippen LogP contribution in [0.3, 0.4) is 0 Å². The molecule has 1 amide bonds. The Balaban J connectivity index is 2.24. The fourth-order valence-corrected chi connectivity index (χ4v) is 2.41.